The van der Waals surface area contributed by atoms with E-state index < -0.39 is 0 Å². The summed E-state index contributed by atoms with van der Waals surface area (Å²) in [6, 6.07) is 0. The summed E-state index contributed by atoms with van der Waals surface area (Å²) in [5.74, 6) is 0. The lowest BCUT2D eigenvalue weighted by atomic mass is 10.3. The largest absolute Gasteiger partial charge is 0.305 e. The number of hydrogen-bond acceptors (Lipinski definition) is 1. The minimum absolute atomic E-state index is 0.318. The molecule has 0 unspecified atom stereocenters. The first-order valence-electron chi connectivity index (χ1n) is 4.01. The summed E-state index contributed by atoms with van der Waals surface area (Å²) < 4.78 is 0. The molecule has 1 fully saturated rings. The second-order valence-electron chi connectivity index (χ2n) is 3.58. The van der Waals surface area contributed by atoms with E-state index in [-0.39, 0.29) is 0 Å². The van der Waals surface area contributed by atoms with Crippen molar-refractivity contribution in [2.45, 2.75) is 25.2 Å². The zero-order chi connectivity index (χ0) is 7.72. The van der Waals surface area contributed by atoms with Crippen molar-refractivity contribution in [1.29, 1.82) is 0 Å². The molecule has 0 aromatic heterocycles. The summed E-state index contributed by atoms with van der Waals surface area (Å²) in [7, 11) is 2.55. The highest BCUT2D eigenvalue weighted by Gasteiger charge is 2.25. The van der Waals surface area contributed by atoms with Crippen molar-refractivity contribution in [3.05, 3.63) is 0 Å². The Kier molecular flexibility index (Phi) is 2.71. The quantitative estimate of drug-likeness (QED) is 0.487. The van der Waals surface area contributed by atoms with Crippen LogP contribution in [0.3, 0.4) is 0 Å². The van der Waals surface area contributed by atoms with Gasteiger partial charge in [-0.25, -0.2) is 0 Å². The molecule has 60 valence electrons. The van der Waals surface area contributed by atoms with Gasteiger partial charge in [-0.3, -0.25) is 0 Å². The van der Waals surface area contributed by atoms with Crippen LogP contribution in [0.1, 0.15) is 13.8 Å². The van der Waals surface area contributed by atoms with Gasteiger partial charge in [-0.1, -0.05) is 13.8 Å². The van der Waals surface area contributed by atoms with E-state index in [1.807, 2.05) is 0 Å². The molecule has 10 heavy (non-hydrogen) atoms. The fraction of sp³-hybridized carbons (Fsp3) is 1.00. The second-order valence-corrected chi connectivity index (χ2v) is 6.68. The van der Waals surface area contributed by atoms with Gasteiger partial charge in [-0.05, 0) is 25.0 Å². The summed E-state index contributed by atoms with van der Waals surface area (Å²) in [4.78, 5) is 2.46. The van der Waals surface area contributed by atoms with Crippen molar-refractivity contribution >= 4 is 7.92 Å². The lowest BCUT2D eigenvalue weighted by molar-refractivity contribution is 0.325. The first-order valence-corrected chi connectivity index (χ1v) is 5.94. The van der Waals surface area contributed by atoms with E-state index in [9.17, 15) is 0 Å². The molecule has 0 saturated carbocycles. The molecule has 1 aliphatic rings. The highest BCUT2D eigenvalue weighted by atomic mass is 31.1. The molecule has 0 aliphatic carbocycles. The molecule has 0 radical (unpaired) electrons. The van der Waals surface area contributed by atoms with Gasteiger partial charge in [-0.2, -0.15) is 0 Å². The van der Waals surface area contributed by atoms with Crippen LogP contribution in [0, 0.1) is 0 Å². The summed E-state index contributed by atoms with van der Waals surface area (Å²) in [6.45, 7) is 9.84. The average molecular weight is 159 g/mol. The normalized spacial score (nSPS) is 38.4. The lowest BCUT2D eigenvalue weighted by Crippen LogP contribution is -2.38. The SMILES string of the molecule is C[C@H]1CN(C)C[C@H](C)P1C. The molecule has 1 rings (SSSR count). The minimum Gasteiger partial charge on any atom is -0.305 e. The fourth-order valence-electron chi connectivity index (χ4n) is 1.67. The van der Waals surface area contributed by atoms with Crippen molar-refractivity contribution in [3.63, 3.8) is 0 Å². The number of rotatable bonds is 0. The van der Waals surface area contributed by atoms with Crippen molar-refractivity contribution in [3.8, 4) is 0 Å². The van der Waals surface area contributed by atoms with E-state index in [2.05, 4.69) is 32.5 Å². The first-order chi connectivity index (χ1) is 4.61. The molecule has 2 atom stereocenters. The molecule has 0 aromatic rings. The van der Waals surface area contributed by atoms with Crippen LogP contribution in [0.5, 0.6) is 0 Å². The number of hydrogen-bond donors (Lipinski definition) is 0. The van der Waals surface area contributed by atoms with Gasteiger partial charge >= 0.3 is 0 Å². The molecular formula is C8H18NP. The van der Waals surface area contributed by atoms with Crippen LogP contribution in [-0.4, -0.2) is 43.0 Å². The third-order valence-corrected chi connectivity index (χ3v) is 5.65. The van der Waals surface area contributed by atoms with Crippen LogP contribution >= 0.6 is 7.92 Å². The molecule has 0 bridgehead atoms. The standard InChI is InChI=1S/C8H18NP/c1-7-5-9(3)6-8(2)10(7)4/h7-8H,5-6H2,1-4H3/t7-,8-/m0/s1. The van der Waals surface area contributed by atoms with Crippen LogP contribution in [-0.2, 0) is 0 Å². The van der Waals surface area contributed by atoms with Gasteiger partial charge in [0.25, 0.3) is 0 Å². The molecule has 0 amide bonds. The predicted molar refractivity (Wildman–Crippen MR) is 49.3 cm³/mol. The maximum Gasteiger partial charge on any atom is 0.00436 e. The van der Waals surface area contributed by atoms with Gasteiger partial charge in [0.2, 0.25) is 0 Å². The van der Waals surface area contributed by atoms with Crippen molar-refractivity contribution in [1.82, 2.24) is 4.90 Å². The Balaban J connectivity index is 2.49. The van der Waals surface area contributed by atoms with Crippen molar-refractivity contribution in [2.75, 3.05) is 26.8 Å². The summed E-state index contributed by atoms with van der Waals surface area (Å²) in [5.41, 5.74) is 1.90. The van der Waals surface area contributed by atoms with Gasteiger partial charge in [-0.15, -0.1) is 7.92 Å². The summed E-state index contributed by atoms with van der Waals surface area (Å²) in [6.07, 6.45) is 0. The van der Waals surface area contributed by atoms with E-state index >= 15 is 0 Å². The molecular weight excluding hydrogens is 141 g/mol. The Bertz CT molecular complexity index is 104. The Hall–Kier alpha value is 0.390. The molecule has 0 aromatic carbocycles. The topological polar surface area (TPSA) is 3.24 Å². The average Bonchev–Trinajstić information content (AvgIpc) is 1.82. The maximum atomic E-state index is 2.46. The third-order valence-electron chi connectivity index (χ3n) is 2.54. The Morgan fingerprint density at radius 1 is 1.20 bits per heavy atom. The van der Waals surface area contributed by atoms with E-state index in [0.29, 0.717) is 7.92 Å². The van der Waals surface area contributed by atoms with Gasteiger partial charge in [0.15, 0.2) is 0 Å². The smallest absolute Gasteiger partial charge is 0.00436 e. The van der Waals surface area contributed by atoms with E-state index in [1.165, 1.54) is 13.1 Å². The Morgan fingerprint density at radius 3 is 2.00 bits per heavy atom. The second kappa shape index (κ2) is 3.19. The predicted octanol–water partition coefficient (Wildman–Crippen LogP) is 1.82. The van der Waals surface area contributed by atoms with Crippen molar-refractivity contribution < 1.29 is 0 Å². The Morgan fingerprint density at radius 2 is 1.60 bits per heavy atom. The summed E-state index contributed by atoms with van der Waals surface area (Å²) in [5, 5.41) is 0. The molecule has 1 saturated heterocycles. The van der Waals surface area contributed by atoms with E-state index in [1.54, 1.807) is 0 Å². The molecule has 2 heteroatoms. The van der Waals surface area contributed by atoms with Gasteiger partial charge in [0, 0.05) is 13.1 Å². The number of nitrogens with zero attached hydrogens (tertiary/aromatic N) is 1. The molecule has 1 heterocycles. The highest BCUT2D eigenvalue weighted by molar-refractivity contribution is 7.58. The van der Waals surface area contributed by atoms with Crippen LogP contribution < -0.4 is 0 Å². The molecule has 0 spiro atoms. The van der Waals surface area contributed by atoms with Gasteiger partial charge in [0.1, 0.15) is 0 Å². The summed E-state index contributed by atoms with van der Waals surface area (Å²) >= 11 is 0. The first kappa shape index (κ1) is 8.49. The molecule has 1 aliphatic heterocycles. The minimum atomic E-state index is 0.318. The van der Waals surface area contributed by atoms with Crippen molar-refractivity contribution in [2.24, 2.45) is 0 Å². The molecule has 1 nitrogen and oxygen atoms in total. The van der Waals surface area contributed by atoms with Gasteiger partial charge < -0.3 is 4.90 Å². The van der Waals surface area contributed by atoms with Gasteiger partial charge in [0.05, 0.1) is 0 Å². The monoisotopic (exact) mass is 159 g/mol. The third kappa shape index (κ3) is 1.71. The van der Waals surface area contributed by atoms with Crippen LogP contribution in [0.25, 0.3) is 0 Å². The van der Waals surface area contributed by atoms with Crippen LogP contribution in [0.4, 0.5) is 0 Å². The maximum absolute atomic E-state index is 2.46. The molecule has 0 N–H and O–H groups in total. The zero-order valence-corrected chi connectivity index (χ0v) is 8.36. The highest BCUT2D eigenvalue weighted by Crippen LogP contribution is 2.45. The van der Waals surface area contributed by atoms with E-state index in [4.69, 9.17) is 0 Å². The van der Waals surface area contributed by atoms with Crippen LogP contribution in [0.15, 0.2) is 0 Å². The Labute approximate surface area is 65.5 Å². The fourth-order valence-corrected chi connectivity index (χ4v) is 3.61. The zero-order valence-electron chi connectivity index (χ0n) is 7.46. The van der Waals surface area contributed by atoms with Crippen LogP contribution in [0.2, 0.25) is 0 Å². The lowest BCUT2D eigenvalue weighted by Gasteiger charge is -2.38. The van der Waals surface area contributed by atoms with E-state index in [0.717, 1.165) is 11.3 Å².